The van der Waals surface area contributed by atoms with Crippen molar-refractivity contribution in [3.05, 3.63) is 64.2 Å². The number of piperazine rings is 1. The number of amides is 2. The third-order valence-corrected chi connectivity index (χ3v) is 10.2. The summed E-state index contributed by atoms with van der Waals surface area (Å²) in [5.74, 6) is 0.825. The molecule has 0 spiro atoms. The van der Waals surface area contributed by atoms with E-state index in [1.54, 1.807) is 45.3 Å². The molecule has 6 rings (SSSR count). The maximum Gasteiger partial charge on any atom is 0.416 e. The number of carbonyl (C=O) groups excluding carboxylic acids is 2. The highest BCUT2D eigenvalue weighted by atomic mass is 19.4. The van der Waals surface area contributed by atoms with Crippen LogP contribution in [0.25, 0.3) is 0 Å². The third kappa shape index (κ3) is 7.36. The van der Waals surface area contributed by atoms with E-state index in [1.807, 2.05) is 11.6 Å². The number of likely N-dealkylation sites (N-methyl/N-ethyl adjacent to an activating group) is 1. The Morgan fingerprint density at radius 1 is 1.10 bits per heavy atom. The van der Waals surface area contributed by atoms with Gasteiger partial charge in [-0.3, -0.25) is 19.9 Å². The highest BCUT2D eigenvalue weighted by Gasteiger charge is 2.44. The molecule has 1 aromatic carbocycles. The largest absolute Gasteiger partial charge is 0.444 e. The monoisotopic (exact) mass is 696 g/mol. The first kappa shape index (κ1) is 35.8. The topological polar surface area (TPSA) is 109 Å². The average Bonchev–Trinajstić information content (AvgIpc) is 3.55. The fraction of sp³-hybridized carbons (Fsp3) is 0.583. The van der Waals surface area contributed by atoms with Crippen LogP contribution in [0.4, 0.5) is 29.6 Å². The first-order valence-electron chi connectivity index (χ1n) is 17.3. The lowest BCUT2D eigenvalue weighted by Gasteiger charge is -2.42. The molecule has 1 saturated carbocycles. The van der Waals surface area contributed by atoms with Gasteiger partial charge in [-0.15, -0.1) is 10.2 Å². The first-order valence-corrected chi connectivity index (χ1v) is 17.3. The molecule has 50 heavy (non-hydrogen) atoms. The molecule has 2 amide bonds. The number of fused-ring (bicyclic) bond motifs is 1. The lowest BCUT2D eigenvalue weighted by Crippen LogP contribution is -2.53. The van der Waals surface area contributed by atoms with Crippen LogP contribution in [0.1, 0.15) is 92.3 Å². The molecule has 11 nitrogen and oxygen atoms in total. The molecule has 3 aliphatic rings. The van der Waals surface area contributed by atoms with Crippen molar-refractivity contribution in [3.8, 4) is 0 Å². The van der Waals surface area contributed by atoms with Crippen molar-refractivity contribution in [2.45, 2.75) is 96.6 Å². The molecule has 0 radical (unpaired) electrons. The van der Waals surface area contributed by atoms with Gasteiger partial charge in [0.15, 0.2) is 0 Å². The van der Waals surface area contributed by atoms with Gasteiger partial charge in [-0.25, -0.2) is 9.78 Å². The van der Waals surface area contributed by atoms with Crippen LogP contribution >= 0.6 is 0 Å². The number of hydrogen-bond acceptors (Lipinski definition) is 8. The Morgan fingerprint density at radius 3 is 2.44 bits per heavy atom. The molecule has 1 atom stereocenters. The molecule has 1 unspecified atom stereocenters. The van der Waals surface area contributed by atoms with E-state index in [0.29, 0.717) is 24.4 Å². The number of alkyl halides is 3. The summed E-state index contributed by atoms with van der Waals surface area (Å²) in [6.07, 6.45) is -0.620. The summed E-state index contributed by atoms with van der Waals surface area (Å²) in [6.45, 7) is 11.8. The fourth-order valence-corrected chi connectivity index (χ4v) is 7.43. The molecule has 2 aromatic heterocycles. The highest BCUT2D eigenvalue weighted by Crippen LogP contribution is 2.48. The van der Waals surface area contributed by atoms with E-state index in [-0.39, 0.29) is 35.3 Å². The zero-order valence-electron chi connectivity index (χ0n) is 29.9. The van der Waals surface area contributed by atoms with E-state index in [4.69, 9.17) is 4.74 Å². The van der Waals surface area contributed by atoms with Crippen LogP contribution in [0.15, 0.2) is 30.6 Å². The number of carbonyl (C=O) groups is 2. The quantitative estimate of drug-likeness (QED) is 0.298. The number of nitrogens with one attached hydrogen (secondary N) is 1. The van der Waals surface area contributed by atoms with E-state index in [2.05, 4.69) is 51.2 Å². The molecule has 2 fully saturated rings. The van der Waals surface area contributed by atoms with E-state index >= 15 is 0 Å². The van der Waals surface area contributed by atoms with E-state index < -0.39 is 34.8 Å². The van der Waals surface area contributed by atoms with Gasteiger partial charge in [0.05, 0.1) is 12.1 Å². The van der Waals surface area contributed by atoms with Gasteiger partial charge in [0.1, 0.15) is 29.4 Å². The second kappa shape index (κ2) is 13.3. The third-order valence-electron chi connectivity index (χ3n) is 10.2. The lowest BCUT2D eigenvalue weighted by atomic mass is 9.62. The van der Waals surface area contributed by atoms with E-state index in [9.17, 15) is 22.8 Å². The van der Waals surface area contributed by atoms with Gasteiger partial charge in [-0.1, -0.05) is 20.3 Å². The normalized spacial score (nSPS) is 19.9. The number of ether oxygens (including phenoxy) is 1. The molecule has 14 heteroatoms. The van der Waals surface area contributed by atoms with Crippen molar-refractivity contribution < 1.29 is 27.5 Å². The van der Waals surface area contributed by atoms with Crippen molar-refractivity contribution in [2.24, 2.45) is 13.0 Å². The Morgan fingerprint density at radius 2 is 1.84 bits per heavy atom. The Labute approximate surface area is 291 Å². The molecule has 1 saturated heterocycles. The maximum atomic E-state index is 14.7. The summed E-state index contributed by atoms with van der Waals surface area (Å²) in [5, 5.41) is 11.0. The second-order valence-electron chi connectivity index (χ2n) is 15.5. The summed E-state index contributed by atoms with van der Waals surface area (Å²) >= 11 is 0. The zero-order chi connectivity index (χ0) is 36.2. The van der Waals surface area contributed by atoms with Crippen molar-refractivity contribution in [3.63, 3.8) is 0 Å². The molecule has 2 aliphatic heterocycles. The van der Waals surface area contributed by atoms with E-state index in [1.165, 1.54) is 11.0 Å². The summed E-state index contributed by atoms with van der Waals surface area (Å²) in [7, 11) is 3.92. The van der Waals surface area contributed by atoms with Gasteiger partial charge in [-0.2, -0.15) is 13.2 Å². The highest BCUT2D eigenvalue weighted by molar-refractivity contribution is 6.10. The van der Waals surface area contributed by atoms with Gasteiger partial charge < -0.3 is 14.2 Å². The van der Waals surface area contributed by atoms with Gasteiger partial charge in [0.25, 0.3) is 5.91 Å². The minimum atomic E-state index is -4.67. The smallest absolute Gasteiger partial charge is 0.416 e. The van der Waals surface area contributed by atoms with Crippen LogP contribution in [0, 0.1) is 5.92 Å². The number of pyridine rings is 1. The summed E-state index contributed by atoms with van der Waals surface area (Å²) in [6, 6.07) is 6.53. The number of hydrogen-bond donors (Lipinski definition) is 1. The summed E-state index contributed by atoms with van der Waals surface area (Å²) in [5.41, 5.74) is -0.767. The van der Waals surface area contributed by atoms with Crippen LogP contribution in [0.5, 0.6) is 0 Å². The molecule has 3 aromatic rings. The van der Waals surface area contributed by atoms with Crippen LogP contribution in [0.2, 0.25) is 0 Å². The second-order valence-corrected chi connectivity index (χ2v) is 15.5. The first-order chi connectivity index (χ1) is 23.4. The SMILES string of the molecule is CC(C)C1CN(C)CCN1Cc1cc2c(c(C(F)(F)F)c1)CN(c1cc(C3(Cc4nncn4C)CCC3)cc(NC(=O)OC(C)(C)C)n1)C2=O. The number of nitrogens with zero attached hydrogens (tertiary/aromatic N) is 7. The molecule has 4 heterocycles. The fourth-order valence-electron chi connectivity index (χ4n) is 7.43. The van der Waals surface area contributed by atoms with Crippen molar-refractivity contribution in [2.75, 3.05) is 36.9 Å². The average molecular weight is 697 g/mol. The number of anilines is 2. The lowest BCUT2D eigenvalue weighted by molar-refractivity contribution is -0.138. The van der Waals surface area contributed by atoms with Gasteiger partial charge in [0, 0.05) is 56.7 Å². The Balaban J connectivity index is 1.38. The maximum absolute atomic E-state index is 14.7. The standard InChI is InChI=1S/C36H47F3N8O3/c1-22(2)28-20-44(6)11-12-46(28)18-23-13-25-26(27(14-23)36(37,38)39)19-47(32(25)48)30-16-24(15-29(41-30)42-33(49)50-34(3,4)5)35(9-8-10-35)17-31-43-40-21-45(31)7/h13-16,21-22,28H,8-12,17-20H2,1-7H3,(H,41,42,49). The summed E-state index contributed by atoms with van der Waals surface area (Å²) < 4.78 is 51.4. The predicted octanol–water partition coefficient (Wildman–Crippen LogP) is 6.17. The zero-order valence-corrected chi connectivity index (χ0v) is 29.9. The number of halogens is 3. The Kier molecular flexibility index (Phi) is 9.48. The van der Waals surface area contributed by atoms with Gasteiger partial charge in [0.2, 0.25) is 0 Å². The van der Waals surface area contributed by atoms with Gasteiger partial charge in [-0.05, 0) is 87.5 Å². The van der Waals surface area contributed by atoms with Crippen LogP contribution in [-0.2, 0) is 42.9 Å². The predicted molar refractivity (Wildman–Crippen MR) is 183 cm³/mol. The Hall–Kier alpha value is -4.04. The molecule has 0 bridgehead atoms. The Bertz CT molecular complexity index is 1760. The van der Waals surface area contributed by atoms with Crippen molar-refractivity contribution >= 4 is 23.6 Å². The van der Waals surface area contributed by atoms with E-state index in [0.717, 1.165) is 50.3 Å². The molecular formula is C36H47F3N8O3. The minimum absolute atomic E-state index is 0.0244. The molecule has 1 N–H and O–H groups in total. The number of benzene rings is 1. The van der Waals surface area contributed by atoms with Crippen molar-refractivity contribution in [1.82, 2.24) is 29.5 Å². The van der Waals surface area contributed by atoms with Crippen molar-refractivity contribution in [1.29, 1.82) is 0 Å². The molecule has 1 aliphatic carbocycles. The van der Waals surface area contributed by atoms with Gasteiger partial charge >= 0.3 is 12.3 Å². The van der Waals surface area contributed by atoms with Crippen LogP contribution in [0.3, 0.4) is 0 Å². The molecular weight excluding hydrogens is 649 g/mol. The number of aromatic nitrogens is 4. The number of aryl methyl sites for hydroxylation is 1. The number of rotatable bonds is 8. The van der Waals surface area contributed by atoms with Crippen LogP contribution in [-0.4, -0.2) is 79.9 Å². The van der Waals surface area contributed by atoms with Crippen LogP contribution < -0.4 is 10.2 Å². The molecule has 270 valence electrons. The summed E-state index contributed by atoms with van der Waals surface area (Å²) in [4.78, 5) is 37.4. The minimum Gasteiger partial charge on any atom is -0.444 e.